The molecule has 0 heterocycles. The second kappa shape index (κ2) is 4.51. The molecule has 0 aromatic rings. The van der Waals surface area contributed by atoms with Gasteiger partial charge in [0.25, 0.3) is 0 Å². The molecule has 2 unspecified atom stereocenters. The maximum atomic E-state index is 9.33. The average Bonchev–Trinajstić information content (AvgIpc) is 1.87. The molecule has 0 aromatic heterocycles. The van der Waals surface area contributed by atoms with E-state index in [-0.39, 0.29) is 6.10 Å². The number of aliphatic hydroxyl groups excluding tert-OH is 1. The Morgan fingerprint density at radius 3 is 2.40 bits per heavy atom. The van der Waals surface area contributed by atoms with Crippen LogP contribution in [-0.4, -0.2) is 11.2 Å². The van der Waals surface area contributed by atoms with Crippen LogP contribution in [0.15, 0.2) is 12.2 Å². The van der Waals surface area contributed by atoms with Gasteiger partial charge in [-0.1, -0.05) is 32.4 Å². The predicted octanol–water partition coefficient (Wildman–Crippen LogP) is 2.36. The molecule has 1 N–H and O–H groups in total. The SMILES string of the molecule is C=C(C)C(O)CC(C)CC. The van der Waals surface area contributed by atoms with Gasteiger partial charge in [0.05, 0.1) is 6.10 Å². The van der Waals surface area contributed by atoms with E-state index in [4.69, 9.17) is 0 Å². The minimum absolute atomic E-state index is 0.296. The van der Waals surface area contributed by atoms with E-state index in [1.165, 1.54) is 0 Å². The van der Waals surface area contributed by atoms with E-state index in [0.717, 1.165) is 18.4 Å². The zero-order valence-corrected chi connectivity index (χ0v) is 7.22. The van der Waals surface area contributed by atoms with Crippen molar-refractivity contribution in [2.24, 2.45) is 5.92 Å². The highest BCUT2D eigenvalue weighted by Crippen LogP contribution is 2.13. The molecular weight excluding hydrogens is 124 g/mol. The van der Waals surface area contributed by atoms with Crippen LogP contribution in [0.25, 0.3) is 0 Å². The van der Waals surface area contributed by atoms with E-state index in [1.54, 1.807) is 0 Å². The maximum Gasteiger partial charge on any atom is 0.0747 e. The number of aliphatic hydroxyl groups is 1. The lowest BCUT2D eigenvalue weighted by molar-refractivity contribution is 0.178. The lowest BCUT2D eigenvalue weighted by Gasteiger charge is -2.14. The van der Waals surface area contributed by atoms with E-state index in [1.807, 2.05) is 6.92 Å². The van der Waals surface area contributed by atoms with E-state index in [9.17, 15) is 5.11 Å². The summed E-state index contributed by atoms with van der Waals surface area (Å²) in [6, 6.07) is 0. The van der Waals surface area contributed by atoms with Crippen molar-refractivity contribution in [3.05, 3.63) is 12.2 Å². The van der Waals surface area contributed by atoms with E-state index in [2.05, 4.69) is 20.4 Å². The predicted molar refractivity (Wildman–Crippen MR) is 44.9 cm³/mol. The van der Waals surface area contributed by atoms with Crippen molar-refractivity contribution in [3.8, 4) is 0 Å². The van der Waals surface area contributed by atoms with Gasteiger partial charge in [-0.05, 0) is 19.3 Å². The Hall–Kier alpha value is -0.300. The number of hydrogen-bond donors (Lipinski definition) is 1. The first-order chi connectivity index (χ1) is 4.57. The fourth-order valence-electron chi connectivity index (χ4n) is 0.749. The molecule has 0 fully saturated rings. The highest BCUT2D eigenvalue weighted by atomic mass is 16.3. The van der Waals surface area contributed by atoms with Crippen molar-refractivity contribution in [1.82, 2.24) is 0 Å². The third-order valence-electron chi connectivity index (χ3n) is 1.89. The lowest BCUT2D eigenvalue weighted by Crippen LogP contribution is -2.11. The van der Waals surface area contributed by atoms with Crippen molar-refractivity contribution in [1.29, 1.82) is 0 Å². The quantitative estimate of drug-likeness (QED) is 0.597. The van der Waals surface area contributed by atoms with Gasteiger partial charge in [-0.2, -0.15) is 0 Å². The molecule has 0 radical (unpaired) electrons. The first kappa shape index (κ1) is 9.70. The fourth-order valence-corrected chi connectivity index (χ4v) is 0.749. The molecule has 0 bridgehead atoms. The summed E-state index contributed by atoms with van der Waals surface area (Å²) in [5, 5.41) is 9.33. The highest BCUT2D eigenvalue weighted by molar-refractivity contribution is 4.96. The molecule has 1 heteroatoms. The molecule has 0 rings (SSSR count). The summed E-state index contributed by atoms with van der Waals surface area (Å²) in [4.78, 5) is 0. The van der Waals surface area contributed by atoms with Crippen molar-refractivity contribution in [2.75, 3.05) is 0 Å². The normalized spacial score (nSPS) is 16.4. The van der Waals surface area contributed by atoms with Gasteiger partial charge in [-0.15, -0.1) is 0 Å². The van der Waals surface area contributed by atoms with Crippen molar-refractivity contribution >= 4 is 0 Å². The van der Waals surface area contributed by atoms with Crippen LogP contribution in [0, 0.1) is 5.92 Å². The summed E-state index contributed by atoms with van der Waals surface area (Å²) in [6.07, 6.45) is 1.69. The Labute approximate surface area is 63.8 Å². The Kier molecular flexibility index (Phi) is 4.37. The van der Waals surface area contributed by atoms with Gasteiger partial charge in [0.1, 0.15) is 0 Å². The molecule has 0 aromatic carbocycles. The minimum atomic E-state index is -0.296. The minimum Gasteiger partial charge on any atom is -0.389 e. The monoisotopic (exact) mass is 142 g/mol. The molecule has 10 heavy (non-hydrogen) atoms. The fraction of sp³-hybridized carbons (Fsp3) is 0.778. The summed E-state index contributed by atoms with van der Waals surface area (Å²) in [5.41, 5.74) is 0.875. The van der Waals surface area contributed by atoms with Crippen molar-refractivity contribution < 1.29 is 5.11 Å². The van der Waals surface area contributed by atoms with Gasteiger partial charge in [0, 0.05) is 0 Å². The Bertz CT molecular complexity index is 107. The molecule has 0 aliphatic heterocycles. The zero-order valence-electron chi connectivity index (χ0n) is 7.22. The molecule has 0 spiro atoms. The largest absolute Gasteiger partial charge is 0.389 e. The first-order valence-corrected chi connectivity index (χ1v) is 3.91. The average molecular weight is 142 g/mol. The molecule has 0 amide bonds. The second-order valence-corrected chi connectivity index (χ2v) is 3.11. The van der Waals surface area contributed by atoms with Gasteiger partial charge in [0.15, 0.2) is 0 Å². The van der Waals surface area contributed by atoms with Gasteiger partial charge >= 0.3 is 0 Å². The highest BCUT2D eigenvalue weighted by Gasteiger charge is 2.08. The molecule has 1 nitrogen and oxygen atoms in total. The van der Waals surface area contributed by atoms with Crippen LogP contribution in [-0.2, 0) is 0 Å². The summed E-state index contributed by atoms with van der Waals surface area (Å²) < 4.78 is 0. The summed E-state index contributed by atoms with van der Waals surface area (Å²) in [6.45, 7) is 9.84. The third kappa shape index (κ3) is 3.67. The Morgan fingerprint density at radius 1 is 1.60 bits per heavy atom. The molecule has 60 valence electrons. The Morgan fingerprint density at radius 2 is 2.10 bits per heavy atom. The molecule has 0 aliphatic rings. The van der Waals surface area contributed by atoms with E-state index < -0.39 is 0 Å². The second-order valence-electron chi connectivity index (χ2n) is 3.11. The summed E-state index contributed by atoms with van der Waals surface area (Å²) in [5.74, 6) is 0.603. The van der Waals surface area contributed by atoms with Crippen molar-refractivity contribution in [2.45, 2.75) is 39.7 Å². The molecular formula is C9H18O. The number of rotatable bonds is 4. The lowest BCUT2D eigenvalue weighted by atomic mass is 9.98. The zero-order chi connectivity index (χ0) is 8.15. The van der Waals surface area contributed by atoms with Crippen LogP contribution in [0.3, 0.4) is 0 Å². The van der Waals surface area contributed by atoms with Gasteiger partial charge in [-0.25, -0.2) is 0 Å². The molecule has 0 saturated carbocycles. The van der Waals surface area contributed by atoms with Crippen LogP contribution >= 0.6 is 0 Å². The molecule has 0 aliphatic carbocycles. The van der Waals surface area contributed by atoms with Crippen LogP contribution in [0.1, 0.15) is 33.6 Å². The van der Waals surface area contributed by atoms with Crippen LogP contribution < -0.4 is 0 Å². The topological polar surface area (TPSA) is 20.2 Å². The van der Waals surface area contributed by atoms with Crippen LogP contribution in [0.5, 0.6) is 0 Å². The van der Waals surface area contributed by atoms with Gasteiger partial charge in [-0.3, -0.25) is 0 Å². The van der Waals surface area contributed by atoms with Crippen LogP contribution in [0.2, 0.25) is 0 Å². The van der Waals surface area contributed by atoms with Crippen LogP contribution in [0.4, 0.5) is 0 Å². The van der Waals surface area contributed by atoms with E-state index in [0.29, 0.717) is 5.92 Å². The van der Waals surface area contributed by atoms with Gasteiger partial charge in [0.2, 0.25) is 0 Å². The van der Waals surface area contributed by atoms with E-state index >= 15 is 0 Å². The first-order valence-electron chi connectivity index (χ1n) is 3.91. The van der Waals surface area contributed by atoms with Crippen molar-refractivity contribution in [3.63, 3.8) is 0 Å². The standard InChI is InChI=1S/C9H18O/c1-5-8(4)6-9(10)7(2)3/h8-10H,2,5-6H2,1,3-4H3. The molecule has 0 saturated heterocycles. The maximum absolute atomic E-state index is 9.33. The summed E-state index contributed by atoms with van der Waals surface area (Å²) in [7, 11) is 0. The smallest absolute Gasteiger partial charge is 0.0747 e. The third-order valence-corrected chi connectivity index (χ3v) is 1.89. The summed E-state index contributed by atoms with van der Waals surface area (Å²) >= 11 is 0. The molecule has 2 atom stereocenters. The van der Waals surface area contributed by atoms with Gasteiger partial charge < -0.3 is 5.11 Å². The Balaban J connectivity index is 3.56. The number of hydrogen-bond acceptors (Lipinski definition) is 1.